The van der Waals surface area contributed by atoms with E-state index in [1.807, 2.05) is 49.4 Å². The molecule has 2 aromatic rings. The predicted octanol–water partition coefficient (Wildman–Crippen LogP) is 2.76. The van der Waals surface area contributed by atoms with E-state index < -0.39 is 0 Å². The fourth-order valence-corrected chi connectivity index (χ4v) is 1.74. The average Bonchev–Trinajstić information content (AvgIpc) is 2.36. The zero-order valence-corrected chi connectivity index (χ0v) is 9.31. The molecule has 16 heavy (non-hydrogen) atoms. The van der Waals surface area contributed by atoms with Crippen molar-refractivity contribution in [2.45, 2.75) is 19.4 Å². The Morgan fingerprint density at radius 2 is 1.88 bits per heavy atom. The normalized spacial score (nSPS) is 12.6. The smallest absolute Gasteiger partial charge is 0.179 e. The first-order valence-electron chi connectivity index (χ1n) is 5.51. The number of Topliss-reactive ketones (excluding diaryl/α,β-unsaturated/α-hetero) is 1. The van der Waals surface area contributed by atoms with Crippen molar-refractivity contribution in [3.8, 4) is 0 Å². The van der Waals surface area contributed by atoms with Crippen LogP contribution in [-0.2, 0) is 0 Å². The quantitative estimate of drug-likeness (QED) is 0.797. The lowest BCUT2D eigenvalue weighted by molar-refractivity contribution is 0.0959. The molecule has 0 aliphatic carbocycles. The van der Waals surface area contributed by atoms with Crippen LogP contribution in [0.2, 0.25) is 0 Å². The van der Waals surface area contributed by atoms with E-state index in [0.717, 1.165) is 10.8 Å². The van der Waals surface area contributed by atoms with Gasteiger partial charge in [0.25, 0.3) is 0 Å². The maximum Gasteiger partial charge on any atom is 0.179 e. The Hall–Kier alpha value is -1.67. The maximum atomic E-state index is 11.9. The third kappa shape index (κ3) is 1.97. The van der Waals surface area contributed by atoms with Crippen LogP contribution >= 0.6 is 0 Å². The van der Waals surface area contributed by atoms with Crippen molar-refractivity contribution >= 4 is 16.6 Å². The SMILES string of the molecule is CCC(N)C(=O)c1ccc2ccccc2c1. The number of fused-ring (bicyclic) bond motifs is 1. The number of benzene rings is 2. The predicted molar refractivity (Wildman–Crippen MR) is 66.5 cm³/mol. The fraction of sp³-hybridized carbons (Fsp3) is 0.214. The molecule has 0 amide bonds. The minimum Gasteiger partial charge on any atom is -0.321 e. The maximum absolute atomic E-state index is 11.9. The molecule has 0 heterocycles. The monoisotopic (exact) mass is 213 g/mol. The van der Waals surface area contributed by atoms with E-state index in [-0.39, 0.29) is 11.8 Å². The molecule has 2 N–H and O–H groups in total. The second kappa shape index (κ2) is 4.45. The summed E-state index contributed by atoms with van der Waals surface area (Å²) in [5, 5.41) is 2.22. The van der Waals surface area contributed by atoms with Gasteiger partial charge in [-0.1, -0.05) is 43.3 Å². The van der Waals surface area contributed by atoms with Crippen LogP contribution in [0.5, 0.6) is 0 Å². The lowest BCUT2D eigenvalue weighted by atomic mass is 10.00. The third-order valence-electron chi connectivity index (χ3n) is 2.81. The molecule has 1 unspecified atom stereocenters. The Balaban J connectivity index is 2.43. The molecular formula is C14H15NO. The van der Waals surface area contributed by atoms with Crippen LogP contribution in [0.25, 0.3) is 10.8 Å². The van der Waals surface area contributed by atoms with Gasteiger partial charge in [-0.15, -0.1) is 0 Å². The molecule has 2 rings (SSSR count). The van der Waals surface area contributed by atoms with Gasteiger partial charge in [0.15, 0.2) is 5.78 Å². The van der Waals surface area contributed by atoms with E-state index in [2.05, 4.69) is 0 Å². The van der Waals surface area contributed by atoms with Gasteiger partial charge in [0.2, 0.25) is 0 Å². The number of hydrogen-bond donors (Lipinski definition) is 1. The second-order valence-corrected chi connectivity index (χ2v) is 3.94. The van der Waals surface area contributed by atoms with Crippen LogP contribution in [0.4, 0.5) is 0 Å². The fourth-order valence-electron chi connectivity index (χ4n) is 1.74. The van der Waals surface area contributed by atoms with Crippen LogP contribution in [0.3, 0.4) is 0 Å². The molecule has 0 aromatic heterocycles. The van der Waals surface area contributed by atoms with Crippen molar-refractivity contribution in [3.63, 3.8) is 0 Å². The molecule has 2 nitrogen and oxygen atoms in total. The van der Waals surface area contributed by atoms with E-state index in [9.17, 15) is 4.79 Å². The van der Waals surface area contributed by atoms with Crippen LogP contribution in [0, 0.1) is 0 Å². The van der Waals surface area contributed by atoms with Gasteiger partial charge < -0.3 is 5.73 Å². The van der Waals surface area contributed by atoms with E-state index in [1.54, 1.807) is 0 Å². The molecule has 0 fully saturated rings. The van der Waals surface area contributed by atoms with Crippen molar-refractivity contribution in [2.24, 2.45) is 5.73 Å². The van der Waals surface area contributed by atoms with E-state index >= 15 is 0 Å². The van der Waals surface area contributed by atoms with Gasteiger partial charge >= 0.3 is 0 Å². The van der Waals surface area contributed by atoms with Gasteiger partial charge in [-0.2, -0.15) is 0 Å². The average molecular weight is 213 g/mol. The molecule has 0 aliphatic heterocycles. The first-order valence-corrected chi connectivity index (χ1v) is 5.51. The van der Waals surface area contributed by atoms with E-state index in [0.29, 0.717) is 12.0 Å². The zero-order valence-electron chi connectivity index (χ0n) is 9.31. The summed E-state index contributed by atoms with van der Waals surface area (Å²) in [6.45, 7) is 1.92. The van der Waals surface area contributed by atoms with Crippen molar-refractivity contribution in [2.75, 3.05) is 0 Å². The van der Waals surface area contributed by atoms with Crippen molar-refractivity contribution in [1.29, 1.82) is 0 Å². The van der Waals surface area contributed by atoms with Crippen LogP contribution in [0.15, 0.2) is 42.5 Å². The lowest BCUT2D eigenvalue weighted by Gasteiger charge is -2.08. The lowest BCUT2D eigenvalue weighted by Crippen LogP contribution is -2.29. The molecule has 2 aromatic carbocycles. The van der Waals surface area contributed by atoms with Gasteiger partial charge in [-0.25, -0.2) is 0 Å². The standard InChI is InChI=1S/C14H15NO/c1-2-13(15)14(16)12-8-7-10-5-3-4-6-11(10)9-12/h3-9,13H,2,15H2,1H3. The first kappa shape index (κ1) is 10.8. The van der Waals surface area contributed by atoms with Crippen LogP contribution in [-0.4, -0.2) is 11.8 Å². The highest BCUT2D eigenvalue weighted by Gasteiger charge is 2.13. The third-order valence-corrected chi connectivity index (χ3v) is 2.81. The highest BCUT2D eigenvalue weighted by molar-refractivity contribution is 6.02. The summed E-state index contributed by atoms with van der Waals surface area (Å²) in [6.07, 6.45) is 0.672. The Kier molecular flexibility index (Phi) is 3.02. The molecule has 82 valence electrons. The van der Waals surface area contributed by atoms with Gasteiger partial charge in [0.05, 0.1) is 6.04 Å². The molecule has 0 radical (unpaired) electrons. The van der Waals surface area contributed by atoms with Gasteiger partial charge in [-0.3, -0.25) is 4.79 Å². The van der Waals surface area contributed by atoms with Gasteiger partial charge in [0, 0.05) is 5.56 Å². The zero-order chi connectivity index (χ0) is 11.5. The summed E-state index contributed by atoms with van der Waals surface area (Å²) >= 11 is 0. The molecule has 1 atom stereocenters. The Morgan fingerprint density at radius 3 is 2.56 bits per heavy atom. The Labute approximate surface area is 95.1 Å². The molecule has 0 saturated carbocycles. The molecule has 0 saturated heterocycles. The summed E-state index contributed by atoms with van der Waals surface area (Å²) in [4.78, 5) is 11.9. The van der Waals surface area contributed by atoms with E-state index in [4.69, 9.17) is 5.73 Å². The number of carbonyl (C=O) groups is 1. The summed E-state index contributed by atoms with van der Waals surface area (Å²) in [6, 6.07) is 13.3. The van der Waals surface area contributed by atoms with Crippen LogP contribution < -0.4 is 5.73 Å². The molecule has 2 heteroatoms. The number of carbonyl (C=O) groups excluding carboxylic acids is 1. The number of ketones is 1. The molecule has 0 bridgehead atoms. The van der Waals surface area contributed by atoms with Crippen molar-refractivity contribution in [3.05, 3.63) is 48.0 Å². The summed E-state index contributed by atoms with van der Waals surface area (Å²) < 4.78 is 0. The summed E-state index contributed by atoms with van der Waals surface area (Å²) in [5.74, 6) is 0.0215. The Bertz CT molecular complexity index is 519. The topological polar surface area (TPSA) is 43.1 Å². The largest absolute Gasteiger partial charge is 0.321 e. The van der Waals surface area contributed by atoms with Crippen molar-refractivity contribution < 1.29 is 4.79 Å². The number of rotatable bonds is 3. The van der Waals surface area contributed by atoms with Gasteiger partial charge in [-0.05, 0) is 23.3 Å². The first-order chi connectivity index (χ1) is 7.72. The molecule has 0 spiro atoms. The highest BCUT2D eigenvalue weighted by Crippen LogP contribution is 2.16. The second-order valence-electron chi connectivity index (χ2n) is 3.94. The molecule has 0 aliphatic rings. The van der Waals surface area contributed by atoms with Crippen LogP contribution in [0.1, 0.15) is 23.7 Å². The molecular weight excluding hydrogens is 198 g/mol. The minimum atomic E-state index is -0.388. The Morgan fingerprint density at radius 1 is 1.19 bits per heavy atom. The highest BCUT2D eigenvalue weighted by atomic mass is 16.1. The summed E-state index contributed by atoms with van der Waals surface area (Å²) in [7, 11) is 0. The summed E-state index contributed by atoms with van der Waals surface area (Å²) in [5.41, 5.74) is 6.44. The number of hydrogen-bond acceptors (Lipinski definition) is 2. The minimum absolute atomic E-state index is 0.0215. The number of nitrogens with two attached hydrogens (primary N) is 1. The van der Waals surface area contributed by atoms with Crippen molar-refractivity contribution in [1.82, 2.24) is 0 Å². The van der Waals surface area contributed by atoms with E-state index in [1.165, 1.54) is 0 Å². The van der Waals surface area contributed by atoms with Gasteiger partial charge in [0.1, 0.15) is 0 Å².